The maximum atomic E-state index is 12.2. The fourth-order valence-electron chi connectivity index (χ4n) is 2.11. The molecule has 0 aliphatic rings. The molecule has 22 heavy (non-hydrogen) atoms. The number of aryl methyl sites for hydroxylation is 1. The van der Waals surface area contributed by atoms with Gasteiger partial charge >= 0.3 is 5.69 Å². The molecule has 1 heterocycles. The quantitative estimate of drug-likeness (QED) is 0.828. The summed E-state index contributed by atoms with van der Waals surface area (Å²) >= 11 is 1.22. The van der Waals surface area contributed by atoms with Crippen molar-refractivity contribution in [2.45, 2.75) is 31.8 Å². The molecule has 118 valence electrons. The van der Waals surface area contributed by atoms with Crippen molar-refractivity contribution in [1.29, 1.82) is 0 Å². The Kier molecular flexibility index (Phi) is 5.07. The second kappa shape index (κ2) is 6.83. The van der Waals surface area contributed by atoms with Gasteiger partial charge in [0.15, 0.2) is 5.16 Å². The predicted octanol–water partition coefficient (Wildman–Crippen LogP) is 2.27. The molecule has 0 bridgehead atoms. The summed E-state index contributed by atoms with van der Waals surface area (Å²) in [5.74, 6) is 0.413. The maximum Gasteiger partial charge on any atom is 0.343 e. The molecule has 6 nitrogen and oxygen atoms in total. The summed E-state index contributed by atoms with van der Waals surface area (Å²) in [6.07, 6.45) is 0. The molecule has 2 aromatic rings. The van der Waals surface area contributed by atoms with E-state index in [1.165, 1.54) is 16.3 Å². The molecule has 0 saturated heterocycles. The number of aromatic nitrogens is 3. The van der Waals surface area contributed by atoms with Crippen molar-refractivity contribution >= 4 is 23.4 Å². The molecule has 0 atom stereocenters. The monoisotopic (exact) mass is 320 g/mol. The average Bonchev–Trinajstić information content (AvgIpc) is 2.78. The number of carbonyl (C=O) groups excluding carboxylic acids is 1. The molecule has 0 aliphatic carbocycles. The molecule has 2 rings (SSSR count). The minimum absolute atomic E-state index is 0.114. The fourth-order valence-corrected chi connectivity index (χ4v) is 2.83. The summed E-state index contributed by atoms with van der Waals surface area (Å²) in [6, 6.07) is 6.00. The van der Waals surface area contributed by atoms with Crippen LogP contribution in [0.4, 0.5) is 5.69 Å². The van der Waals surface area contributed by atoms with Crippen molar-refractivity contribution in [2.24, 2.45) is 7.05 Å². The fraction of sp³-hybridized carbons (Fsp3) is 0.400. The van der Waals surface area contributed by atoms with Crippen LogP contribution in [0.15, 0.2) is 28.2 Å². The largest absolute Gasteiger partial charge is 0.343 e. The van der Waals surface area contributed by atoms with Gasteiger partial charge in [0.05, 0.1) is 5.75 Å². The van der Waals surface area contributed by atoms with E-state index in [9.17, 15) is 9.59 Å². The van der Waals surface area contributed by atoms with Crippen LogP contribution in [0.1, 0.15) is 30.9 Å². The molecular weight excluding hydrogens is 300 g/mol. The van der Waals surface area contributed by atoms with Crippen LogP contribution in [0.3, 0.4) is 0 Å². The molecule has 0 saturated carbocycles. The number of rotatable bonds is 5. The van der Waals surface area contributed by atoms with Crippen LogP contribution in [0.25, 0.3) is 0 Å². The third kappa shape index (κ3) is 3.59. The number of hydrogen-bond donors (Lipinski definition) is 2. The van der Waals surface area contributed by atoms with Gasteiger partial charge in [-0.2, -0.15) is 0 Å². The number of amides is 1. The Hall–Kier alpha value is -2.02. The van der Waals surface area contributed by atoms with Crippen LogP contribution < -0.4 is 11.0 Å². The van der Waals surface area contributed by atoms with Gasteiger partial charge in [-0.05, 0) is 24.0 Å². The van der Waals surface area contributed by atoms with Gasteiger partial charge < -0.3 is 5.32 Å². The number of nitrogens with zero attached hydrogens (tertiary/aromatic N) is 2. The first kappa shape index (κ1) is 16.4. The Labute approximate surface area is 133 Å². The van der Waals surface area contributed by atoms with Gasteiger partial charge in [-0.15, -0.1) is 5.10 Å². The molecular formula is C15H20N4O2S. The summed E-state index contributed by atoms with van der Waals surface area (Å²) < 4.78 is 1.38. The molecule has 0 fully saturated rings. The third-order valence-electron chi connectivity index (χ3n) is 3.36. The zero-order valence-electron chi connectivity index (χ0n) is 13.1. The van der Waals surface area contributed by atoms with E-state index in [-0.39, 0.29) is 17.3 Å². The van der Waals surface area contributed by atoms with Gasteiger partial charge in [0.2, 0.25) is 5.91 Å². The minimum Gasteiger partial charge on any atom is -0.325 e. The molecule has 0 aliphatic heterocycles. The molecule has 1 amide bonds. The van der Waals surface area contributed by atoms with E-state index >= 15 is 0 Å². The topological polar surface area (TPSA) is 79.8 Å². The SMILES string of the molecule is Cc1cccc(C(C)C)c1NC(=O)CSc1n[nH]c(=O)n1C. The molecule has 0 unspecified atom stereocenters. The van der Waals surface area contributed by atoms with Crippen molar-refractivity contribution in [3.8, 4) is 0 Å². The van der Waals surface area contributed by atoms with Gasteiger partial charge in [-0.1, -0.05) is 43.8 Å². The average molecular weight is 320 g/mol. The number of para-hydroxylation sites is 1. The summed E-state index contributed by atoms with van der Waals surface area (Å²) in [4.78, 5) is 23.4. The normalized spacial score (nSPS) is 11.0. The number of carbonyl (C=O) groups is 1. The Bertz CT molecular complexity index is 733. The summed E-state index contributed by atoms with van der Waals surface area (Å²) in [5, 5.41) is 9.68. The molecule has 0 spiro atoms. The van der Waals surface area contributed by atoms with Crippen molar-refractivity contribution in [3.05, 3.63) is 39.8 Å². The summed E-state index contributed by atoms with van der Waals surface area (Å²) in [5.41, 5.74) is 2.74. The first-order valence-corrected chi connectivity index (χ1v) is 8.02. The van der Waals surface area contributed by atoms with Crippen molar-refractivity contribution < 1.29 is 4.79 Å². The Balaban J connectivity index is 2.07. The lowest BCUT2D eigenvalue weighted by molar-refractivity contribution is -0.113. The maximum absolute atomic E-state index is 12.2. The highest BCUT2D eigenvalue weighted by Gasteiger charge is 2.13. The number of benzene rings is 1. The predicted molar refractivity (Wildman–Crippen MR) is 88.5 cm³/mol. The molecule has 7 heteroatoms. The molecule has 0 radical (unpaired) electrons. The van der Waals surface area contributed by atoms with E-state index in [0.29, 0.717) is 11.1 Å². The number of thioether (sulfide) groups is 1. The van der Waals surface area contributed by atoms with E-state index in [0.717, 1.165) is 16.8 Å². The van der Waals surface area contributed by atoms with E-state index in [1.807, 2.05) is 25.1 Å². The zero-order valence-corrected chi connectivity index (χ0v) is 14.0. The van der Waals surface area contributed by atoms with E-state index in [4.69, 9.17) is 0 Å². The van der Waals surface area contributed by atoms with Crippen molar-refractivity contribution in [1.82, 2.24) is 14.8 Å². The zero-order chi connectivity index (χ0) is 16.3. The molecule has 2 N–H and O–H groups in total. The Morgan fingerprint density at radius 3 is 2.77 bits per heavy atom. The van der Waals surface area contributed by atoms with E-state index < -0.39 is 0 Å². The van der Waals surface area contributed by atoms with Crippen LogP contribution in [0.2, 0.25) is 0 Å². The van der Waals surface area contributed by atoms with E-state index in [2.05, 4.69) is 29.4 Å². The molecule has 1 aromatic heterocycles. The lowest BCUT2D eigenvalue weighted by Crippen LogP contribution is -2.17. The van der Waals surface area contributed by atoms with Gasteiger partial charge in [0.1, 0.15) is 0 Å². The van der Waals surface area contributed by atoms with Gasteiger partial charge in [0, 0.05) is 12.7 Å². The van der Waals surface area contributed by atoms with Crippen LogP contribution in [-0.4, -0.2) is 26.4 Å². The smallest absolute Gasteiger partial charge is 0.325 e. The minimum atomic E-state index is -0.288. The first-order valence-electron chi connectivity index (χ1n) is 7.03. The number of nitrogens with one attached hydrogen (secondary N) is 2. The van der Waals surface area contributed by atoms with Gasteiger partial charge in [-0.25, -0.2) is 9.89 Å². The van der Waals surface area contributed by atoms with Gasteiger partial charge in [0.25, 0.3) is 0 Å². The third-order valence-corrected chi connectivity index (χ3v) is 4.39. The van der Waals surface area contributed by atoms with Crippen LogP contribution in [0.5, 0.6) is 0 Å². The van der Waals surface area contributed by atoms with Crippen LogP contribution in [0, 0.1) is 6.92 Å². The Morgan fingerprint density at radius 1 is 1.45 bits per heavy atom. The number of anilines is 1. The van der Waals surface area contributed by atoms with E-state index in [1.54, 1.807) is 7.05 Å². The second-order valence-corrected chi connectivity index (χ2v) is 6.34. The standard InChI is InChI=1S/C15H20N4O2S/c1-9(2)11-7-5-6-10(3)13(11)16-12(20)8-22-15-18-17-14(21)19(15)4/h5-7,9H,8H2,1-4H3,(H,16,20)(H,17,21). The highest BCUT2D eigenvalue weighted by Crippen LogP contribution is 2.27. The van der Waals surface area contributed by atoms with Crippen molar-refractivity contribution in [2.75, 3.05) is 11.1 Å². The lowest BCUT2D eigenvalue weighted by atomic mass is 9.98. The molecule has 1 aromatic carbocycles. The summed E-state index contributed by atoms with van der Waals surface area (Å²) in [7, 11) is 1.62. The van der Waals surface area contributed by atoms with Crippen molar-refractivity contribution in [3.63, 3.8) is 0 Å². The highest BCUT2D eigenvalue weighted by molar-refractivity contribution is 7.99. The highest BCUT2D eigenvalue weighted by atomic mass is 32.2. The lowest BCUT2D eigenvalue weighted by Gasteiger charge is -2.16. The van der Waals surface area contributed by atoms with Gasteiger partial charge in [-0.3, -0.25) is 9.36 Å². The summed E-state index contributed by atoms with van der Waals surface area (Å²) in [6.45, 7) is 6.17. The van der Waals surface area contributed by atoms with Crippen LogP contribution in [-0.2, 0) is 11.8 Å². The second-order valence-electron chi connectivity index (χ2n) is 5.40. The number of aromatic amines is 1. The first-order chi connectivity index (χ1) is 10.4. The number of hydrogen-bond acceptors (Lipinski definition) is 4. The number of H-pyrrole nitrogens is 1. The van der Waals surface area contributed by atoms with Crippen LogP contribution >= 0.6 is 11.8 Å². The Morgan fingerprint density at radius 2 is 2.18 bits per heavy atom.